The van der Waals surface area contributed by atoms with Crippen molar-refractivity contribution in [1.82, 2.24) is 0 Å². The van der Waals surface area contributed by atoms with E-state index in [0.717, 1.165) is 19.3 Å². The van der Waals surface area contributed by atoms with E-state index in [0.29, 0.717) is 0 Å². The maximum atomic E-state index is 3.83. The first kappa shape index (κ1) is 22.5. The zero-order chi connectivity index (χ0) is 11.2. The fourth-order valence-corrected chi connectivity index (χ4v) is 1.26. The van der Waals surface area contributed by atoms with Gasteiger partial charge < -0.3 is 19.3 Å². The minimum atomic E-state index is 0. The summed E-state index contributed by atoms with van der Waals surface area (Å²) in [5.41, 5.74) is 0. The predicted molar refractivity (Wildman–Crippen MR) is 76.5 cm³/mol. The van der Waals surface area contributed by atoms with E-state index in [1.54, 1.807) is 0 Å². The minimum Gasteiger partial charge on any atom is -1.00 e. The molecule has 0 aliphatic heterocycles. The van der Waals surface area contributed by atoms with Crippen LogP contribution in [0.4, 0.5) is 0 Å². The Hall–Kier alpha value is 0.276. The van der Waals surface area contributed by atoms with Crippen LogP contribution < -0.4 is 12.4 Å². The third kappa shape index (κ3) is 22.0. The number of halogens is 1. The van der Waals surface area contributed by atoms with Crippen molar-refractivity contribution in [2.24, 2.45) is 0 Å². The Morgan fingerprint density at radius 1 is 0.824 bits per heavy atom. The molecule has 94 valence electrons. The van der Waals surface area contributed by atoms with Crippen molar-refractivity contribution in [1.29, 1.82) is 0 Å². The molecular formula is C15H25ClMg. The second-order valence-electron chi connectivity index (χ2n) is 3.66. The summed E-state index contributed by atoms with van der Waals surface area (Å²) in [6.07, 6.45) is 21.5. The molecule has 0 aromatic rings. The van der Waals surface area contributed by atoms with Gasteiger partial charge in [-0.25, -0.2) is 0 Å². The van der Waals surface area contributed by atoms with E-state index < -0.39 is 0 Å². The molecule has 0 atom stereocenters. The average Bonchev–Trinajstić information content (AvgIpc) is 2.26. The topological polar surface area (TPSA) is 0 Å². The van der Waals surface area contributed by atoms with E-state index in [2.05, 4.69) is 50.3 Å². The molecule has 0 heterocycles. The van der Waals surface area contributed by atoms with Gasteiger partial charge in [0, 0.05) is 0 Å². The van der Waals surface area contributed by atoms with Crippen LogP contribution in [0.5, 0.6) is 0 Å². The van der Waals surface area contributed by atoms with E-state index in [9.17, 15) is 0 Å². The molecule has 0 nitrogen and oxygen atoms in total. The minimum absolute atomic E-state index is 0. The van der Waals surface area contributed by atoms with Gasteiger partial charge in [-0.05, 0) is 25.7 Å². The van der Waals surface area contributed by atoms with Gasteiger partial charge in [0.1, 0.15) is 0 Å². The summed E-state index contributed by atoms with van der Waals surface area (Å²) in [5.74, 6) is 0. The summed E-state index contributed by atoms with van der Waals surface area (Å²) in [6, 6.07) is 0. The SMILES string of the molecule is [CH2-]CCCC/C=C\CC/C=C\C=C\CC.[Cl-].[Mg+2]. The summed E-state index contributed by atoms with van der Waals surface area (Å²) in [6.45, 7) is 5.98. The molecule has 17 heavy (non-hydrogen) atoms. The molecule has 0 spiro atoms. The molecule has 0 aromatic carbocycles. The molecule has 0 saturated carbocycles. The van der Waals surface area contributed by atoms with E-state index in [1.165, 1.54) is 25.7 Å². The van der Waals surface area contributed by atoms with Crippen LogP contribution in [0.3, 0.4) is 0 Å². The normalized spacial score (nSPS) is 10.9. The molecule has 0 aliphatic carbocycles. The molecule has 0 amide bonds. The van der Waals surface area contributed by atoms with Gasteiger partial charge in [0.25, 0.3) is 0 Å². The van der Waals surface area contributed by atoms with Gasteiger partial charge in [-0.1, -0.05) is 56.2 Å². The van der Waals surface area contributed by atoms with Gasteiger partial charge in [-0.15, -0.1) is 0 Å². The van der Waals surface area contributed by atoms with Crippen LogP contribution in [0.1, 0.15) is 51.9 Å². The average molecular weight is 265 g/mol. The molecule has 0 radical (unpaired) electrons. The van der Waals surface area contributed by atoms with Crippen LogP contribution in [0.2, 0.25) is 0 Å². The number of hydrogen-bond acceptors (Lipinski definition) is 0. The van der Waals surface area contributed by atoms with E-state index in [-0.39, 0.29) is 35.5 Å². The third-order valence-corrected chi connectivity index (χ3v) is 2.16. The number of hydrogen-bond donors (Lipinski definition) is 0. The smallest absolute Gasteiger partial charge is 1.00 e. The molecule has 0 unspecified atom stereocenters. The van der Waals surface area contributed by atoms with Crippen LogP contribution in [-0.2, 0) is 0 Å². The number of rotatable bonds is 9. The molecule has 0 N–H and O–H groups in total. The van der Waals surface area contributed by atoms with Crippen LogP contribution in [0.25, 0.3) is 0 Å². The molecule has 0 bridgehead atoms. The van der Waals surface area contributed by atoms with E-state index >= 15 is 0 Å². The first-order valence-electron chi connectivity index (χ1n) is 6.17. The molecule has 0 aliphatic rings. The number of unbranched alkanes of at least 4 members (excludes halogenated alkanes) is 4. The van der Waals surface area contributed by atoms with Gasteiger partial charge in [0.2, 0.25) is 0 Å². The van der Waals surface area contributed by atoms with Crippen molar-refractivity contribution in [2.75, 3.05) is 0 Å². The van der Waals surface area contributed by atoms with Crippen molar-refractivity contribution in [3.63, 3.8) is 0 Å². The fourth-order valence-electron chi connectivity index (χ4n) is 1.26. The fraction of sp³-hybridized carbons (Fsp3) is 0.533. The summed E-state index contributed by atoms with van der Waals surface area (Å²) < 4.78 is 0. The van der Waals surface area contributed by atoms with Crippen molar-refractivity contribution >= 4 is 23.1 Å². The zero-order valence-electron chi connectivity index (χ0n) is 11.2. The molecule has 2 heteroatoms. The Kier molecular flexibility index (Phi) is 28.5. The third-order valence-electron chi connectivity index (χ3n) is 2.16. The second kappa shape index (κ2) is 21.5. The Morgan fingerprint density at radius 3 is 2.06 bits per heavy atom. The number of allylic oxidation sites excluding steroid dienone is 6. The Labute approximate surface area is 130 Å². The standard InChI is InChI=1S/C15H25.ClH.Mg/c1-3-5-7-9-11-13-15-14-12-10-8-6-4-2;;/h6,8,10-13H,1,3-5,7,9,14-15H2,2H3;1H;/q-1;;+2/p-1/b8-6+,12-10-,13-11-;;. The molecule has 0 saturated heterocycles. The summed E-state index contributed by atoms with van der Waals surface area (Å²) in [5, 5.41) is 0. The molecule has 0 aromatic heterocycles. The van der Waals surface area contributed by atoms with Crippen LogP contribution >= 0.6 is 0 Å². The van der Waals surface area contributed by atoms with Crippen molar-refractivity contribution < 1.29 is 12.4 Å². The van der Waals surface area contributed by atoms with Crippen LogP contribution in [0, 0.1) is 6.92 Å². The Balaban J connectivity index is -0.000000980. The quantitative estimate of drug-likeness (QED) is 0.196. The van der Waals surface area contributed by atoms with Crippen molar-refractivity contribution in [3.05, 3.63) is 43.4 Å². The van der Waals surface area contributed by atoms with Gasteiger partial charge >= 0.3 is 23.1 Å². The van der Waals surface area contributed by atoms with Crippen LogP contribution in [-0.4, -0.2) is 23.1 Å². The molecular weight excluding hydrogens is 240 g/mol. The maximum absolute atomic E-state index is 3.83. The first-order valence-corrected chi connectivity index (χ1v) is 6.17. The summed E-state index contributed by atoms with van der Waals surface area (Å²) >= 11 is 0. The summed E-state index contributed by atoms with van der Waals surface area (Å²) in [7, 11) is 0. The van der Waals surface area contributed by atoms with Crippen molar-refractivity contribution in [3.8, 4) is 0 Å². The molecule has 0 rings (SSSR count). The van der Waals surface area contributed by atoms with E-state index in [4.69, 9.17) is 0 Å². The predicted octanol–water partition coefficient (Wildman–Crippen LogP) is 1.86. The first-order chi connectivity index (χ1) is 7.41. The van der Waals surface area contributed by atoms with Gasteiger partial charge in [0.05, 0.1) is 0 Å². The monoisotopic (exact) mass is 264 g/mol. The van der Waals surface area contributed by atoms with Crippen LogP contribution in [0.15, 0.2) is 36.5 Å². The Morgan fingerprint density at radius 2 is 1.41 bits per heavy atom. The van der Waals surface area contributed by atoms with Crippen molar-refractivity contribution in [2.45, 2.75) is 51.9 Å². The van der Waals surface area contributed by atoms with Gasteiger partial charge in [0.15, 0.2) is 0 Å². The Bertz CT molecular complexity index is 195. The van der Waals surface area contributed by atoms with E-state index in [1.807, 2.05) is 0 Å². The largest absolute Gasteiger partial charge is 2.00 e. The summed E-state index contributed by atoms with van der Waals surface area (Å²) in [4.78, 5) is 0. The maximum Gasteiger partial charge on any atom is 2.00 e. The molecule has 0 fully saturated rings. The zero-order valence-corrected chi connectivity index (χ0v) is 13.4. The second-order valence-corrected chi connectivity index (χ2v) is 3.66. The van der Waals surface area contributed by atoms with Gasteiger partial charge in [-0.2, -0.15) is 6.42 Å². The van der Waals surface area contributed by atoms with Gasteiger partial charge in [-0.3, -0.25) is 0 Å².